The summed E-state index contributed by atoms with van der Waals surface area (Å²) in [7, 11) is 0. The van der Waals surface area contributed by atoms with Gasteiger partial charge in [-0.3, -0.25) is 0 Å². The number of rotatable bonds is 4. The van der Waals surface area contributed by atoms with Crippen LogP contribution in [0.2, 0.25) is 5.02 Å². The number of benzene rings is 1. The normalized spacial score (nSPS) is 13.2. The largest absolute Gasteiger partial charge is 0.411 e. The van der Waals surface area contributed by atoms with Crippen molar-refractivity contribution in [2.24, 2.45) is 0 Å². The minimum atomic E-state index is -0.156. The minimum absolute atomic E-state index is 0.0961. The molecule has 8 heteroatoms. The van der Waals surface area contributed by atoms with Crippen molar-refractivity contribution in [3.05, 3.63) is 41.0 Å². The Hall–Kier alpha value is -1.86. The summed E-state index contributed by atoms with van der Waals surface area (Å²) in [4.78, 5) is 4.45. The molecule has 0 aliphatic heterocycles. The van der Waals surface area contributed by atoms with Crippen molar-refractivity contribution < 1.29 is 8.94 Å². The van der Waals surface area contributed by atoms with Crippen LogP contribution < -0.4 is 0 Å². The van der Waals surface area contributed by atoms with Crippen molar-refractivity contribution >= 4 is 23.4 Å². The third-order valence-corrected chi connectivity index (χ3v) is 4.37. The van der Waals surface area contributed by atoms with Crippen molar-refractivity contribution in [3.63, 3.8) is 0 Å². The van der Waals surface area contributed by atoms with Crippen LogP contribution in [0.15, 0.2) is 38.4 Å². The molecule has 1 aromatic carbocycles. The maximum atomic E-state index is 5.98. The molecule has 1 atom stereocenters. The first-order chi connectivity index (χ1) is 11.3. The van der Waals surface area contributed by atoms with Gasteiger partial charge in [0.05, 0.1) is 5.25 Å². The number of thioether (sulfide) groups is 1. The molecule has 3 rings (SSSR count). The van der Waals surface area contributed by atoms with Crippen LogP contribution in [-0.2, 0) is 5.41 Å². The van der Waals surface area contributed by atoms with Crippen LogP contribution in [0.3, 0.4) is 0 Å². The highest BCUT2D eigenvalue weighted by atomic mass is 35.5. The molecule has 0 saturated carbocycles. The SMILES string of the molecule is CC(Sc1nnc(-c2cccc(Cl)c2)o1)c1nc(C(C)(C)C)no1. The summed E-state index contributed by atoms with van der Waals surface area (Å²) in [6.45, 7) is 8.06. The van der Waals surface area contributed by atoms with E-state index in [1.165, 1.54) is 11.8 Å². The molecule has 24 heavy (non-hydrogen) atoms. The predicted molar refractivity (Wildman–Crippen MR) is 92.0 cm³/mol. The van der Waals surface area contributed by atoms with Crippen LogP contribution in [0, 0.1) is 0 Å². The number of halogens is 1. The molecule has 0 amide bonds. The van der Waals surface area contributed by atoms with Gasteiger partial charge in [0.1, 0.15) is 0 Å². The van der Waals surface area contributed by atoms with Gasteiger partial charge in [0.15, 0.2) is 5.82 Å². The van der Waals surface area contributed by atoms with Crippen LogP contribution in [0.4, 0.5) is 0 Å². The summed E-state index contributed by atoms with van der Waals surface area (Å²) >= 11 is 7.35. The van der Waals surface area contributed by atoms with Gasteiger partial charge in [0.25, 0.3) is 5.22 Å². The Balaban J connectivity index is 1.73. The Morgan fingerprint density at radius 2 is 2.00 bits per heavy atom. The third kappa shape index (κ3) is 3.79. The molecule has 0 N–H and O–H groups in total. The molecular weight excluding hydrogens is 348 g/mol. The first kappa shape index (κ1) is 17.0. The van der Waals surface area contributed by atoms with E-state index in [2.05, 4.69) is 20.3 Å². The number of hydrogen-bond acceptors (Lipinski definition) is 7. The van der Waals surface area contributed by atoms with Crippen molar-refractivity contribution in [1.29, 1.82) is 0 Å². The Bertz CT molecular complexity index is 840. The lowest BCUT2D eigenvalue weighted by Crippen LogP contribution is -2.13. The highest BCUT2D eigenvalue weighted by molar-refractivity contribution is 7.99. The molecule has 3 aromatic rings. The Kier molecular flexibility index (Phi) is 4.64. The number of aromatic nitrogens is 4. The van der Waals surface area contributed by atoms with Crippen molar-refractivity contribution in [2.45, 2.75) is 43.6 Å². The van der Waals surface area contributed by atoms with E-state index >= 15 is 0 Å². The molecule has 0 aliphatic carbocycles. The van der Waals surface area contributed by atoms with E-state index in [1.54, 1.807) is 12.1 Å². The molecule has 2 heterocycles. The van der Waals surface area contributed by atoms with Crippen LogP contribution in [0.5, 0.6) is 0 Å². The summed E-state index contributed by atoms with van der Waals surface area (Å²) in [5.41, 5.74) is 0.624. The van der Waals surface area contributed by atoms with E-state index in [0.29, 0.717) is 27.9 Å². The fourth-order valence-corrected chi connectivity index (χ4v) is 2.81. The van der Waals surface area contributed by atoms with Crippen molar-refractivity contribution in [3.8, 4) is 11.5 Å². The van der Waals surface area contributed by atoms with Crippen LogP contribution in [0.1, 0.15) is 44.7 Å². The van der Waals surface area contributed by atoms with Crippen LogP contribution in [0.25, 0.3) is 11.5 Å². The zero-order valence-electron chi connectivity index (χ0n) is 13.8. The first-order valence-electron chi connectivity index (χ1n) is 7.43. The molecular formula is C16H17ClN4O2S. The van der Waals surface area contributed by atoms with Gasteiger partial charge in [-0.15, -0.1) is 10.2 Å². The van der Waals surface area contributed by atoms with Gasteiger partial charge >= 0.3 is 0 Å². The van der Waals surface area contributed by atoms with E-state index in [0.717, 1.165) is 5.56 Å². The number of hydrogen-bond donors (Lipinski definition) is 0. The molecule has 0 saturated heterocycles. The summed E-state index contributed by atoms with van der Waals surface area (Å²) in [5.74, 6) is 1.63. The summed E-state index contributed by atoms with van der Waals surface area (Å²) in [6.07, 6.45) is 0. The fourth-order valence-electron chi connectivity index (χ4n) is 1.90. The highest BCUT2D eigenvalue weighted by Crippen LogP contribution is 2.35. The van der Waals surface area contributed by atoms with E-state index in [1.807, 2.05) is 39.8 Å². The Morgan fingerprint density at radius 1 is 1.21 bits per heavy atom. The fraction of sp³-hybridized carbons (Fsp3) is 0.375. The second-order valence-corrected chi connectivity index (χ2v) is 8.08. The van der Waals surface area contributed by atoms with Gasteiger partial charge in [0, 0.05) is 16.0 Å². The molecule has 2 aromatic heterocycles. The second-order valence-electron chi connectivity index (χ2n) is 6.35. The van der Waals surface area contributed by atoms with Gasteiger partial charge in [0.2, 0.25) is 11.8 Å². The Morgan fingerprint density at radius 3 is 2.67 bits per heavy atom. The summed E-state index contributed by atoms with van der Waals surface area (Å²) < 4.78 is 11.0. The van der Waals surface area contributed by atoms with Gasteiger partial charge in [-0.05, 0) is 25.1 Å². The second kappa shape index (κ2) is 6.57. The lowest BCUT2D eigenvalue weighted by Gasteiger charge is -2.11. The molecule has 0 bridgehead atoms. The zero-order chi connectivity index (χ0) is 17.3. The molecule has 0 spiro atoms. The standard InChI is InChI=1S/C16H17ClN4O2S/c1-9(12-18-14(21-23-12)16(2,3)4)24-15-20-19-13(22-15)10-6-5-7-11(17)8-10/h5-9H,1-4H3. The topological polar surface area (TPSA) is 77.8 Å². The van der Waals surface area contributed by atoms with E-state index < -0.39 is 0 Å². The van der Waals surface area contributed by atoms with Gasteiger partial charge in [-0.25, -0.2) is 0 Å². The van der Waals surface area contributed by atoms with Crippen molar-refractivity contribution in [1.82, 2.24) is 20.3 Å². The number of nitrogens with zero attached hydrogens (tertiary/aromatic N) is 4. The maximum absolute atomic E-state index is 5.98. The molecule has 0 radical (unpaired) electrons. The Labute approximate surface area is 149 Å². The van der Waals surface area contributed by atoms with E-state index in [4.69, 9.17) is 20.5 Å². The lowest BCUT2D eigenvalue weighted by atomic mass is 9.96. The predicted octanol–water partition coefficient (Wildman–Crippen LogP) is 4.92. The molecule has 0 fully saturated rings. The van der Waals surface area contributed by atoms with Crippen LogP contribution >= 0.6 is 23.4 Å². The van der Waals surface area contributed by atoms with Gasteiger partial charge < -0.3 is 8.94 Å². The smallest absolute Gasteiger partial charge is 0.277 e. The molecule has 0 aliphatic rings. The third-order valence-electron chi connectivity index (χ3n) is 3.22. The van der Waals surface area contributed by atoms with Gasteiger partial charge in [-0.1, -0.05) is 55.4 Å². The monoisotopic (exact) mass is 364 g/mol. The quantitative estimate of drug-likeness (QED) is 0.607. The zero-order valence-corrected chi connectivity index (χ0v) is 15.4. The molecule has 1 unspecified atom stereocenters. The molecule has 6 nitrogen and oxygen atoms in total. The maximum Gasteiger partial charge on any atom is 0.277 e. The average Bonchev–Trinajstić information content (AvgIpc) is 3.16. The summed E-state index contributed by atoms with van der Waals surface area (Å²) in [6, 6.07) is 7.27. The molecule has 126 valence electrons. The van der Waals surface area contributed by atoms with E-state index in [9.17, 15) is 0 Å². The lowest BCUT2D eigenvalue weighted by molar-refractivity contribution is 0.363. The first-order valence-corrected chi connectivity index (χ1v) is 8.69. The van der Waals surface area contributed by atoms with Gasteiger partial charge in [-0.2, -0.15) is 4.98 Å². The minimum Gasteiger partial charge on any atom is -0.411 e. The van der Waals surface area contributed by atoms with Crippen LogP contribution in [-0.4, -0.2) is 20.3 Å². The van der Waals surface area contributed by atoms with Crippen molar-refractivity contribution in [2.75, 3.05) is 0 Å². The summed E-state index contributed by atoms with van der Waals surface area (Å²) in [5, 5.41) is 13.1. The highest BCUT2D eigenvalue weighted by Gasteiger charge is 2.24. The van der Waals surface area contributed by atoms with E-state index in [-0.39, 0.29) is 10.7 Å². The average molecular weight is 365 g/mol.